The first-order chi connectivity index (χ1) is 11.2. The van der Waals surface area contributed by atoms with E-state index >= 15 is 0 Å². The van der Waals surface area contributed by atoms with E-state index in [2.05, 4.69) is 31.4 Å². The van der Waals surface area contributed by atoms with Crippen molar-refractivity contribution in [2.24, 2.45) is 17.8 Å². The van der Waals surface area contributed by atoms with Gasteiger partial charge in [0.15, 0.2) is 0 Å². The first-order valence-corrected chi connectivity index (χ1v) is 10.6. The van der Waals surface area contributed by atoms with Crippen molar-refractivity contribution in [2.75, 3.05) is 26.2 Å². The summed E-state index contributed by atoms with van der Waals surface area (Å²) >= 11 is 0. The molecule has 0 bridgehead atoms. The second-order valence-electron chi connectivity index (χ2n) is 5.38. The van der Waals surface area contributed by atoms with Gasteiger partial charge in [-0.2, -0.15) is 0 Å². The van der Waals surface area contributed by atoms with Gasteiger partial charge in [-0.3, -0.25) is 0 Å². The van der Waals surface area contributed by atoms with Crippen molar-refractivity contribution in [3.05, 3.63) is 0 Å². The highest BCUT2D eigenvalue weighted by atomic mass is 14.9. The van der Waals surface area contributed by atoms with Crippen LogP contribution >= 0.6 is 0 Å². The van der Waals surface area contributed by atoms with Gasteiger partial charge in [-0.05, 0) is 63.2 Å². The van der Waals surface area contributed by atoms with Gasteiger partial charge in [0, 0.05) is 0 Å². The van der Waals surface area contributed by atoms with E-state index < -0.39 is 0 Å². The van der Waals surface area contributed by atoms with Gasteiger partial charge >= 0.3 is 0 Å². The van der Waals surface area contributed by atoms with Crippen LogP contribution in [-0.4, -0.2) is 26.2 Å². The van der Waals surface area contributed by atoms with E-state index in [1.807, 2.05) is 55.4 Å². The maximum atomic E-state index is 3.36. The molecule has 0 radical (unpaired) electrons. The fraction of sp³-hybridized carbons (Fsp3) is 1.00. The molecule has 2 nitrogen and oxygen atoms in total. The predicted molar refractivity (Wildman–Crippen MR) is 112 cm³/mol. The Labute approximate surface area is 150 Å². The Balaban J connectivity index is -0.000000110. The van der Waals surface area contributed by atoms with Crippen molar-refractivity contribution in [3.8, 4) is 0 Å². The molecule has 146 valence electrons. The lowest BCUT2D eigenvalue weighted by Crippen LogP contribution is -2.33. The van der Waals surface area contributed by atoms with Gasteiger partial charge < -0.3 is 10.6 Å². The molecule has 0 amide bonds. The maximum absolute atomic E-state index is 3.36. The van der Waals surface area contributed by atoms with Crippen molar-refractivity contribution in [2.45, 2.75) is 95.4 Å². The van der Waals surface area contributed by atoms with Gasteiger partial charge in [0.2, 0.25) is 0 Å². The average Bonchev–Trinajstić information content (AvgIpc) is 2.66. The maximum Gasteiger partial charge on any atom is -0.00206 e. The van der Waals surface area contributed by atoms with Crippen molar-refractivity contribution in [3.63, 3.8) is 0 Å². The van der Waals surface area contributed by atoms with Crippen LogP contribution in [0.5, 0.6) is 0 Å². The van der Waals surface area contributed by atoms with Crippen molar-refractivity contribution < 1.29 is 0 Å². The zero-order valence-corrected chi connectivity index (χ0v) is 18.7. The lowest BCUT2D eigenvalue weighted by Gasteiger charge is -2.25. The molecule has 2 aliphatic heterocycles. The summed E-state index contributed by atoms with van der Waals surface area (Å²) in [6.45, 7) is 27.9. The van der Waals surface area contributed by atoms with Gasteiger partial charge in [0.1, 0.15) is 0 Å². The number of piperidine rings is 2. The average molecular weight is 333 g/mol. The van der Waals surface area contributed by atoms with Crippen LogP contribution in [0.3, 0.4) is 0 Å². The summed E-state index contributed by atoms with van der Waals surface area (Å²) in [6, 6.07) is 0. The van der Waals surface area contributed by atoms with Crippen molar-refractivity contribution in [1.29, 1.82) is 0 Å². The minimum absolute atomic E-state index is 0.892. The van der Waals surface area contributed by atoms with E-state index in [-0.39, 0.29) is 0 Å². The van der Waals surface area contributed by atoms with Crippen molar-refractivity contribution in [1.82, 2.24) is 10.6 Å². The number of rotatable bonds is 0. The summed E-state index contributed by atoms with van der Waals surface area (Å²) in [7, 11) is 0. The van der Waals surface area contributed by atoms with Crippen LogP contribution in [0.1, 0.15) is 95.4 Å². The van der Waals surface area contributed by atoms with Gasteiger partial charge in [-0.1, -0.05) is 76.2 Å². The Morgan fingerprint density at radius 2 is 0.913 bits per heavy atom. The summed E-state index contributed by atoms with van der Waals surface area (Å²) in [5, 5.41) is 6.68. The molecule has 0 aromatic heterocycles. The van der Waals surface area contributed by atoms with Crippen LogP contribution in [-0.2, 0) is 0 Å². The zero-order chi connectivity index (χ0) is 19.1. The predicted octanol–water partition coefficient (Wildman–Crippen LogP) is 6.36. The van der Waals surface area contributed by atoms with E-state index in [0.717, 1.165) is 17.8 Å². The first kappa shape index (κ1) is 30.8. The zero-order valence-electron chi connectivity index (χ0n) is 18.7. The monoisotopic (exact) mass is 332 g/mol. The number of nitrogens with one attached hydrogen (secondary N) is 2. The summed E-state index contributed by atoms with van der Waals surface area (Å²) in [5.74, 6) is 2.81. The quantitative estimate of drug-likeness (QED) is 0.539. The van der Waals surface area contributed by atoms with Crippen LogP contribution in [0.2, 0.25) is 0 Å². The number of hydrogen-bond donors (Lipinski definition) is 2. The smallest absolute Gasteiger partial charge is 0.00206 e. The Bertz CT molecular complexity index is 144. The van der Waals surface area contributed by atoms with E-state index in [9.17, 15) is 0 Å². The van der Waals surface area contributed by atoms with Crippen LogP contribution < -0.4 is 10.6 Å². The second kappa shape index (κ2) is 29.9. The van der Waals surface area contributed by atoms with E-state index in [1.165, 1.54) is 45.4 Å². The van der Waals surface area contributed by atoms with Crippen LogP contribution in [0.4, 0.5) is 0 Å². The summed E-state index contributed by atoms with van der Waals surface area (Å²) in [4.78, 5) is 0. The Kier molecular flexibility index (Phi) is 40.0. The molecule has 0 aliphatic carbocycles. The highest BCUT2D eigenvalue weighted by molar-refractivity contribution is 4.70. The number of hydrogen-bond acceptors (Lipinski definition) is 2. The lowest BCUT2D eigenvalue weighted by molar-refractivity contribution is 0.295. The van der Waals surface area contributed by atoms with Crippen molar-refractivity contribution >= 4 is 0 Å². The van der Waals surface area contributed by atoms with Crippen LogP contribution in [0, 0.1) is 17.8 Å². The minimum atomic E-state index is 0.892. The summed E-state index contributed by atoms with van der Waals surface area (Å²) in [6.07, 6.45) is 4.11. The lowest BCUT2D eigenvalue weighted by atomic mass is 9.90. The molecule has 2 heteroatoms. The Morgan fingerprint density at radius 3 is 1.13 bits per heavy atom. The normalized spacial score (nSPS) is 22.6. The third-order valence-electron chi connectivity index (χ3n) is 3.84. The van der Waals surface area contributed by atoms with E-state index in [1.54, 1.807) is 0 Å². The molecule has 2 N–H and O–H groups in total. The van der Waals surface area contributed by atoms with Gasteiger partial charge in [0.25, 0.3) is 0 Å². The Morgan fingerprint density at radius 1 is 0.522 bits per heavy atom. The van der Waals surface area contributed by atoms with Crippen LogP contribution in [0.15, 0.2) is 0 Å². The molecule has 0 aromatic carbocycles. The molecule has 2 fully saturated rings. The molecule has 0 aromatic rings. The van der Waals surface area contributed by atoms with Gasteiger partial charge in [-0.15, -0.1) is 0 Å². The summed E-state index contributed by atoms with van der Waals surface area (Å²) in [5.41, 5.74) is 0. The molecule has 1 unspecified atom stereocenters. The Hall–Kier alpha value is -0.0800. The van der Waals surface area contributed by atoms with Crippen LogP contribution in [0.25, 0.3) is 0 Å². The second-order valence-corrected chi connectivity index (χ2v) is 5.38. The third kappa shape index (κ3) is 24.3. The van der Waals surface area contributed by atoms with E-state index in [0.29, 0.717) is 0 Å². The molecule has 2 aliphatic rings. The molecule has 0 spiro atoms. The molecular weight excluding hydrogens is 280 g/mol. The molecule has 0 saturated carbocycles. The standard InChI is InChI=1S/C7H15N.C6H13N.4C2H6/c1-6-3-4-8-5-7(6)2;1-6-2-4-7-5-3-6;4*1-2/h6-8H,3-5H2,1-2H3;6-7H,2-5H2,1H3;4*1-2H3/t6-,7?;;;;;/m1...../s1. The topological polar surface area (TPSA) is 24.1 Å². The molecule has 2 rings (SSSR count). The molecular formula is C21H52N2. The first-order valence-electron chi connectivity index (χ1n) is 10.6. The fourth-order valence-electron chi connectivity index (χ4n) is 2.11. The molecule has 2 heterocycles. The van der Waals surface area contributed by atoms with Gasteiger partial charge in [0.05, 0.1) is 0 Å². The highest BCUT2D eigenvalue weighted by Gasteiger charge is 2.15. The largest absolute Gasteiger partial charge is 0.317 e. The molecule has 2 saturated heterocycles. The fourth-order valence-corrected chi connectivity index (χ4v) is 2.11. The minimum Gasteiger partial charge on any atom is -0.317 e. The van der Waals surface area contributed by atoms with E-state index in [4.69, 9.17) is 0 Å². The molecule has 2 atom stereocenters. The van der Waals surface area contributed by atoms with Gasteiger partial charge in [-0.25, -0.2) is 0 Å². The SMILES string of the molecule is CC.CC.CC.CC.CC1CCNCC1.CC1CNCC[C@H]1C. The molecule has 23 heavy (non-hydrogen) atoms. The third-order valence-corrected chi connectivity index (χ3v) is 3.84. The summed E-state index contributed by atoms with van der Waals surface area (Å²) < 4.78 is 0. The highest BCUT2D eigenvalue weighted by Crippen LogP contribution is 2.16.